The minimum Gasteiger partial charge on any atom is -0.421 e. The van der Waals surface area contributed by atoms with E-state index >= 15 is 0 Å². The molecule has 0 aliphatic carbocycles. The van der Waals surface area contributed by atoms with Crippen LogP contribution in [0.1, 0.15) is 46.6 Å². The fourth-order valence-electron chi connectivity index (χ4n) is 9.35. The number of carbonyl (C=O) groups excluding carboxylic acids is 2. The quantitative estimate of drug-likeness (QED) is 0.126. The molecule has 2 aromatic heterocycles. The molecule has 6 heterocycles. The van der Waals surface area contributed by atoms with Crippen molar-refractivity contribution in [1.29, 1.82) is 0 Å². The molecule has 5 aromatic carbocycles. The number of nitrogens with one attached hydrogen (secondary N) is 2. The number of aromatic nitrogens is 2. The van der Waals surface area contributed by atoms with Crippen LogP contribution >= 0.6 is 35.1 Å². The van der Waals surface area contributed by atoms with Crippen LogP contribution in [0.4, 0.5) is 21.3 Å². The average Bonchev–Trinajstić information content (AvgIpc) is 4.09. The molecule has 2 saturated heterocycles. The van der Waals surface area contributed by atoms with E-state index in [0.29, 0.717) is 42.1 Å². The lowest BCUT2D eigenvalue weighted by Gasteiger charge is -2.39. The van der Waals surface area contributed by atoms with Crippen LogP contribution in [0.5, 0.6) is 5.75 Å². The van der Waals surface area contributed by atoms with Crippen LogP contribution in [0.2, 0.25) is 0 Å². The van der Waals surface area contributed by atoms with E-state index in [9.17, 15) is 26.4 Å². The zero-order valence-corrected chi connectivity index (χ0v) is 40.9. The molecule has 4 aliphatic heterocycles. The van der Waals surface area contributed by atoms with Gasteiger partial charge >= 0.3 is 12.0 Å². The Kier molecular flexibility index (Phi) is 14.0. The highest BCUT2D eigenvalue weighted by molar-refractivity contribution is 7.92. The number of para-hydroxylation sites is 5. The molecule has 67 heavy (non-hydrogen) atoms. The summed E-state index contributed by atoms with van der Waals surface area (Å²) < 4.78 is 58.8. The van der Waals surface area contributed by atoms with Gasteiger partial charge in [0.2, 0.25) is 25.1 Å². The van der Waals surface area contributed by atoms with Crippen molar-refractivity contribution in [3.63, 3.8) is 0 Å². The number of urea groups is 1. The van der Waals surface area contributed by atoms with Crippen molar-refractivity contribution < 1.29 is 31.2 Å². The van der Waals surface area contributed by atoms with Crippen molar-refractivity contribution in [2.24, 2.45) is 0 Å². The maximum atomic E-state index is 12.8. The van der Waals surface area contributed by atoms with Crippen LogP contribution < -0.4 is 24.0 Å². The van der Waals surface area contributed by atoms with Gasteiger partial charge in [-0.25, -0.2) is 36.4 Å². The van der Waals surface area contributed by atoms with E-state index in [2.05, 4.69) is 26.7 Å². The van der Waals surface area contributed by atoms with Gasteiger partial charge in [-0.2, -0.15) is 0 Å². The molecule has 0 radical (unpaired) electrons. The monoisotopic (exact) mass is 999 g/mol. The van der Waals surface area contributed by atoms with Crippen LogP contribution in [0.15, 0.2) is 127 Å². The van der Waals surface area contributed by atoms with Gasteiger partial charge < -0.3 is 15.0 Å². The summed E-state index contributed by atoms with van der Waals surface area (Å²) in [6.45, 7) is 4.12. The SMILES string of the molecule is CS(=O)(=O)N1CC2(CCN(C(=O)Nc3nc4ccccc4s3)CC2)c2ccccc21.CS(=O)(=O)N1CC2(CCNCC2)c2ccccc21.Cl.O=C(Oc1ccccc1)c1nc2ccccc2s1. The number of piperidine rings is 2. The fourth-order valence-corrected chi connectivity index (χ4v) is 13.0. The first-order chi connectivity index (χ1) is 31.7. The number of rotatable bonds is 5. The van der Waals surface area contributed by atoms with Crippen LogP contribution in [0.3, 0.4) is 0 Å². The van der Waals surface area contributed by atoms with E-state index in [1.807, 2.05) is 109 Å². The molecule has 14 nitrogen and oxygen atoms in total. The topological polar surface area (TPSA) is 171 Å². The number of thiazole rings is 2. The van der Waals surface area contributed by atoms with Crippen molar-refractivity contribution in [3.8, 4) is 5.75 Å². The average molecular weight is 1000 g/mol. The first kappa shape index (κ1) is 47.8. The van der Waals surface area contributed by atoms with Gasteiger partial charge in [-0.15, -0.1) is 23.7 Å². The number of fused-ring (bicyclic) bond motifs is 6. The third-order valence-corrected chi connectivity index (χ3v) is 16.9. The zero-order valence-electron chi connectivity index (χ0n) is 36.8. The van der Waals surface area contributed by atoms with Gasteiger partial charge in [-0.3, -0.25) is 13.9 Å². The van der Waals surface area contributed by atoms with Gasteiger partial charge in [0.15, 0.2) is 5.13 Å². The number of anilines is 3. The highest BCUT2D eigenvalue weighted by Crippen LogP contribution is 2.48. The molecule has 350 valence electrons. The molecule has 7 aromatic rings. The van der Waals surface area contributed by atoms with Crippen molar-refractivity contribution >= 4 is 104 Å². The molecule has 0 atom stereocenters. The van der Waals surface area contributed by atoms with E-state index in [-0.39, 0.29) is 29.3 Å². The Hall–Kier alpha value is -5.63. The zero-order chi connectivity index (χ0) is 46.1. The Morgan fingerprint density at radius 3 is 1.64 bits per heavy atom. The van der Waals surface area contributed by atoms with Gasteiger partial charge in [-0.1, -0.05) is 90.2 Å². The predicted octanol–water partition coefficient (Wildman–Crippen LogP) is 8.67. The Labute approximate surface area is 404 Å². The first-order valence-corrected chi connectivity index (χ1v) is 26.9. The Morgan fingerprint density at radius 1 is 0.627 bits per heavy atom. The van der Waals surface area contributed by atoms with Crippen LogP contribution in [-0.2, 0) is 30.9 Å². The third-order valence-electron chi connectivity index (χ3n) is 12.7. The number of amides is 2. The number of sulfonamides is 2. The lowest BCUT2D eigenvalue weighted by Crippen LogP contribution is -2.48. The number of halogens is 1. The Balaban J connectivity index is 0.000000143. The summed E-state index contributed by atoms with van der Waals surface area (Å²) in [5.74, 6) is 0.115. The van der Waals surface area contributed by atoms with Crippen molar-refractivity contribution in [2.75, 3.05) is 65.7 Å². The lowest BCUT2D eigenvalue weighted by atomic mass is 9.74. The standard InChI is InChI=1S/C21H22N4O3S2.C14H9NO2S.C13H18N2O2S.ClH/c1-30(27,28)25-14-21(15-6-2-4-8-17(15)25)10-12-24(13-11-21)20(26)23-19-22-16-7-3-5-9-18(16)29-19;16-14(17-10-6-2-1-3-7-10)13-15-11-8-4-5-9-12(11)18-13;1-18(16,17)15-10-13(6-8-14-9-7-13)11-4-2-3-5-12(11)15;/h2-9H,10-14H2,1H3,(H,22,23,26);1-9H;2-5,14H,6-10H2,1H3;1H. The van der Waals surface area contributed by atoms with Gasteiger partial charge in [0.05, 0.1) is 44.3 Å². The molecular formula is C48H50ClN7O7S4. The molecule has 0 bridgehead atoms. The Morgan fingerprint density at radius 2 is 1.10 bits per heavy atom. The molecule has 2 spiro atoms. The van der Waals surface area contributed by atoms with Gasteiger partial charge in [0.25, 0.3) is 0 Å². The maximum absolute atomic E-state index is 12.8. The molecule has 0 unspecified atom stereocenters. The Bertz CT molecular complexity index is 3070. The maximum Gasteiger partial charge on any atom is 0.372 e. The van der Waals surface area contributed by atoms with Gasteiger partial charge in [0, 0.05) is 37.0 Å². The summed E-state index contributed by atoms with van der Waals surface area (Å²) in [5, 5.41) is 7.24. The fraction of sp³-hybridized carbons (Fsp3) is 0.292. The summed E-state index contributed by atoms with van der Waals surface area (Å²) in [7, 11) is -6.52. The van der Waals surface area contributed by atoms with Crippen LogP contribution in [0, 0.1) is 0 Å². The second-order valence-corrected chi connectivity index (χ2v) is 22.9. The van der Waals surface area contributed by atoms with Crippen LogP contribution in [-0.4, -0.2) is 95.5 Å². The van der Waals surface area contributed by atoms with Gasteiger partial charge in [-0.05, 0) is 98.4 Å². The van der Waals surface area contributed by atoms with E-state index in [1.54, 1.807) is 21.3 Å². The number of benzene rings is 5. The summed E-state index contributed by atoms with van der Waals surface area (Å²) in [5.41, 5.74) is 5.39. The smallest absolute Gasteiger partial charge is 0.372 e. The second kappa shape index (κ2) is 19.5. The number of hydrogen-bond acceptors (Lipinski definition) is 12. The number of ether oxygens (including phenoxy) is 1. The number of esters is 1. The number of nitrogens with zero attached hydrogens (tertiary/aromatic N) is 5. The van der Waals surface area contributed by atoms with E-state index in [4.69, 9.17) is 4.74 Å². The molecule has 2 N–H and O–H groups in total. The molecule has 4 aliphatic rings. The van der Waals surface area contributed by atoms with Crippen LogP contribution in [0.25, 0.3) is 20.4 Å². The molecule has 2 fully saturated rings. The van der Waals surface area contributed by atoms with E-state index in [0.717, 1.165) is 76.1 Å². The van der Waals surface area contributed by atoms with E-state index in [1.165, 1.54) is 45.1 Å². The largest absolute Gasteiger partial charge is 0.421 e. The van der Waals surface area contributed by atoms with Crippen molar-refractivity contribution in [3.05, 3.63) is 144 Å². The number of carbonyl (C=O) groups is 2. The van der Waals surface area contributed by atoms with Crippen molar-refractivity contribution in [2.45, 2.75) is 36.5 Å². The lowest BCUT2D eigenvalue weighted by molar-refractivity contribution is 0.0734. The highest BCUT2D eigenvalue weighted by Gasteiger charge is 2.48. The summed E-state index contributed by atoms with van der Waals surface area (Å²) >= 11 is 2.80. The number of likely N-dealkylation sites (tertiary alicyclic amines) is 1. The summed E-state index contributed by atoms with van der Waals surface area (Å²) in [4.78, 5) is 35.2. The highest BCUT2D eigenvalue weighted by atomic mass is 35.5. The van der Waals surface area contributed by atoms with Gasteiger partial charge in [0.1, 0.15) is 5.75 Å². The molecule has 2 amide bonds. The molecule has 11 rings (SSSR count). The number of hydrogen-bond donors (Lipinski definition) is 2. The molecular weight excluding hydrogens is 950 g/mol. The summed E-state index contributed by atoms with van der Waals surface area (Å²) in [6.07, 6.45) is 6.02. The first-order valence-electron chi connectivity index (χ1n) is 21.6. The summed E-state index contributed by atoms with van der Waals surface area (Å²) in [6, 6.07) is 39.9. The predicted molar refractivity (Wildman–Crippen MR) is 270 cm³/mol. The molecule has 0 saturated carbocycles. The normalized spacial score (nSPS) is 16.8. The van der Waals surface area contributed by atoms with E-state index < -0.39 is 26.0 Å². The third kappa shape index (κ3) is 10.1. The van der Waals surface area contributed by atoms with Crippen molar-refractivity contribution in [1.82, 2.24) is 20.2 Å². The second-order valence-electron chi connectivity index (χ2n) is 17.0. The minimum atomic E-state index is -3.34. The molecule has 19 heteroatoms. The minimum absolute atomic E-state index is 0.